The van der Waals surface area contributed by atoms with Crippen molar-refractivity contribution in [2.45, 2.75) is 51.7 Å². The van der Waals surface area contributed by atoms with Gasteiger partial charge in [-0.1, -0.05) is 6.92 Å². The molecule has 1 fully saturated rings. The Balaban J connectivity index is 1.82. The van der Waals surface area contributed by atoms with Crippen molar-refractivity contribution in [3.05, 3.63) is 30.1 Å². The molecule has 0 unspecified atom stereocenters. The fourth-order valence-corrected chi connectivity index (χ4v) is 3.33. The minimum atomic E-state index is -0.418. The number of aromatic nitrogens is 3. The van der Waals surface area contributed by atoms with Crippen molar-refractivity contribution in [3.63, 3.8) is 0 Å². The first kappa shape index (κ1) is 18.9. The number of benzene rings is 1. The van der Waals surface area contributed by atoms with E-state index >= 15 is 0 Å². The van der Waals surface area contributed by atoms with Crippen LogP contribution >= 0.6 is 0 Å². The molecular weight excluding hydrogens is 328 g/mol. The summed E-state index contributed by atoms with van der Waals surface area (Å²) in [4.78, 5) is 7.14. The highest BCUT2D eigenvalue weighted by Crippen LogP contribution is 2.25. The lowest BCUT2D eigenvalue weighted by atomic mass is 10.1. The Kier molecular flexibility index (Phi) is 6.63. The molecule has 0 bridgehead atoms. The minimum absolute atomic E-state index is 0.418. The number of ether oxygens (including phenoxy) is 1. The molecule has 1 saturated heterocycles. The highest BCUT2D eigenvalue weighted by Gasteiger charge is 2.16. The molecule has 1 aromatic carbocycles. The maximum absolute atomic E-state index is 10.1. The van der Waals surface area contributed by atoms with Crippen molar-refractivity contribution in [1.29, 1.82) is 0 Å². The Morgan fingerprint density at radius 2 is 1.88 bits per heavy atom. The number of aliphatic hydroxyl groups excluding tert-OH is 1. The summed E-state index contributed by atoms with van der Waals surface area (Å²) in [6, 6.07) is 8.57. The van der Waals surface area contributed by atoms with Gasteiger partial charge in [0.2, 0.25) is 0 Å². The highest BCUT2D eigenvalue weighted by molar-refractivity contribution is 5.61. The molecule has 6 heteroatoms. The average Bonchev–Trinajstić information content (AvgIpc) is 3.09. The maximum atomic E-state index is 10.1. The number of rotatable bonds is 8. The highest BCUT2D eigenvalue weighted by atomic mass is 16.5. The fraction of sp³-hybridized carbons (Fsp3) is 0.600. The molecular formula is C20H30N4O2. The van der Waals surface area contributed by atoms with Crippen LogP contribution in [0.1, 0.15) is 38.4 Å². The number of methoxy groups -OCH3 is 1. The summed E-state index contributed by atoms with van der Waals surface area (Å²) in [5, 5.41) is 14.6. The molecule has 1 N–H and O–H groups in total. The number of hydrogen-bond donors (Lipinski definition) is 1. The van der Waals surface area contributed by atoms with Crippen LogP contribution in [-0.4, -0.2) is 52.8 Å². The molecule has 0 aliphatic carbocycles. The summed E-state index contributed by atoms with van der Waals surface area (Å²) in [5.74, 6) is 1.57. The van der Waals surface area contributed by atoms with Gasteiger partial charge in [0.15, 0.2) is 11.6 Å². The van der Waals surface area contributed by atoms with Crippen LogP contribution in [0.15, 0.2) is 24.3 Å². The Morgan fingerprint density at radius 3 is 2.54 bits per heavy atom. The summed E-state index contributed by atoms with van der Waals surface area (Å²) in [7, 11) is 1.68. The molecule has 1 aliphatic rings. The van der Waals surface area contributed by atoms with Crippen molar-refractivity contribution >= 4 is 5.69 Å². The molecule has 1 aliphatic heterocycles. The molecule has 1 aromatic heterocycles. The van der Waals surface area contributed by atoms with Crippen LogP contribution < -0.4 is 4.90 Å². The van der Waals surface area contributed by atoms with Crippen molar-refractivity contribution in [1.82, 2.24) is 14.8 Å². The van der Waals surface area contributed by atoms with E-state index in [2.05, 4.69) is 34.3 Å². The molecule has 3 rings (SSSR count). The number of piperidine rings is 1. The first-order valence-electron chi connectivity index (χ1n) is 9.67. The largest absolute Gasteiger partial charge is 0.391 e. The Bertz CT molecular complexity index is 678. The first-order valence-corrected chi connectivity index (χ1v) is 9.67. The van der Waals surface area contributed by atoms with Crippen LogP contribution in [0.2, 0.25) is 0 Å². The molecule has 2 heterocycles. The molecule has 0 amide bonds. The number of aliphatic hydroxyl groups is 1. The van der Waals surface area contributed by atoms with Crippen molar-refractivity contribution < 1.29 is 9.84 Å². The van der Waals surface area contributed by atoms with Gasteiger partial charge in [-0.2, -0.15) is 5.10 Å². The lowest BCUT2D eigenvalue weighted by Crippen LogP contribution is -2.29. The average molecular weight is 358 g/mol. The van der Waals surface area contributed by atoms with E-state index in [4.69, 9.17) is 9.72 Å². The topological polar surface area (TPSA) is 63.4 Å². The summed E-state index contributed by atoms with van der Waals surface area (Å²) >= 11 is 0. The summed E-state index contributed by atoms with van der Waals surface area (Å²) < 4.78 is 6.97. The third kappa shape index (κ3) is 4.62. The van der Waals surface area contributed by atoms with Gasteiger partial charge in [-0.15, -0.1) is 0 Å². The molecule has 142 valence electrons. The van der Waals surface area contributed by atoms with Gasteiger partial charge in [-0.3, -0.25) is 0 Å². The number of nitrogens with zero attached hydrogens (tertiary/aromatic N) is 4. The molecule has 0 saturated carbocycles. The van der Waals surface area contributed by atoms with E-state index in [1.807, 2.05) is 11.6 Å². The Labute approximate surface area is 155 Å². The third-order valence-corrected chi connectivity index (χ3v) is 4.95. The van der Waals surface area contributed by atoms with Gasteiger partial charge in [-0.25, -0.2) is 9.67 Å². The quantitative estimate of drug-likeness (QED) is 0.786. The van der Waals surface area contributed by atoms with Gasteiger partial charge in [0.1, 0.15) is 0 Å². The van der Waals surface area contributed by atoms with Gasteiger partial charge in [0.05, 0.1) is 19.3 Å². The van der Waals surface area contributed by atoms with Gasteiger partial charge < -0.3 is 14.7 Å². The minimum Gasteiger partial charge on any atom is -0.391 e. The van der Waals surface area contributed by atoms with Crippen LogP contribution in [0.25, 0.3) is 11.4 Å². The van der Waals surface area contributed by atoms with Crippen LogP contribution in [-0.2, 0) is 17.7 Å². The van der Waals surface area contributed by atoms with Crippen molar-refractivity contribution in [2.24, 2.45) is 0 Å². The monoisotopic (exact) mass is 358 g/mol. The standard InChI is InChI=1S/C20H30N4O2/c1-3-18(25)15-24-20(21-19(22-24)11-14-26-2)16-7-9-17(10-8-16)23-12-5-4-6-13-23/h7-10,18,25H,3-6,11-15H2,1-2H3/t18-/m0/s1. The van der Waals surface area contributed by atoms with Gasteiger partial charge in [0.25, 0.3) is 0 Å². The first-order chi connectivity index (χ1) is 12.7. The van der Waals surface area contributed by atoms with E-state index in [0.29, 0.717) is 26.0 Å². The molecule has 26 heavy (non-hydrogen) atoms. The smallest absolute Gasteiger partial charge is 0.158 e. The summed E-state index contributed by atoms with van der Waals surface area (Å²) in [6.45, 7) is 5.30. The van der Waals surface area contributed by atoms with E-state index in [9.17, 15) is 5.11 Å². The number of anilines is 1. The second kappa shape index (κ2) is 9.14. The molecule has 1 atom stereocenters. The molecule has 2 aromatic rings. The Morgan fingerprint density at radius 1 is 1.15 bits per heavy atom. The second-order valence-electron chi connectivity index (χ2n) is 6.93. The molecule has 6 nitrogen and oxygen atoms in total. The van der Waals surface area contributed by atoms with Crippen LogP contribution in [0, 0.1) is 0 Å². The van der Waals surface area contributed by atoms with Gasteiger partial charge >= 0.3 is 0 Å². The SMILES string of the molecule is CC[C@H](O)Cn1nc(CCOC)nc1-c1ccc(N2CCCCC2)cc1. The zero-order chi connectivity index (χ0) is 18.4. The fourth-order valence-electron chi connectivity index (χ4n) is 3.33. The number of hydrogen-bond acceptors (Lipinski definition) is 5. The summed E-state index contributed by atoms with van der Waals surface area (Å²) in [5.41, 5.74) is 2.30. The summed E-state index contributed by atoms with van der Waals surface area (Å²) in [6.07, 6.45) is 4.83. The normalized spacial score (nSPS) is 16.0. The van der Waals surface area contributed by atoms with E-state index < -0.39 is 6.10 Å². The van der Waals surface area contributed by atoms with Crippen molar-refractivity contribution in [2.75, 3.05) is 31.7 Å². The van der Waals surface area contributed by atoms with Gasteiger partial charge in [-0.05, 0) is 49.9 Å². The van der Waals surface area contributed by atoms with E-state index in [1.165, 1.54) is 24.9 Å². The Hall–Kier alpha value is -1.92. The maximum Gasteiger partial charge on any atom is 0.158 e. The lowest BCUT2D eigenvalue weighted by Gasteiger charge is -2.28. The van der Waals surface area contributed by atoms with E-state index in [0.717, 1.165) is 30.3 Å². The zero-order valence-corrected chi connectivity index (χ0v) is 15.9. The lowest BCUT2D eigenvalue weighted by molar-refractivity contribution is 0.145. The molecule has 0 radical (unpaired) electrons. The van der Waals surface area contributed by atoms with Crippen molar-refractivity contribution in [3.8, 4) is 11.4 Å². The van der Waals surface area contributed by atoms with Gasteiger partial charge in [0, 0.05) is 37.9 Å². The van der Waals surface area contributed by atoms with Crippen LogP contribution in [0.5, 0.6) is 0 Å². The third-order valence-electron chi connectivity index (χ3n) is 4.95. The molecule has 0 spiro atoms. The predicted octanol–water partition coefficient (Wildman–Crippen LogP) is 2.90. The van der Waals surface area contributed by atoms with Crippen LogP contribution in [0.4, 0.5) is 5.69 Å². The predicted molar refractivity (Wildman–Crippen MR) is 103 cm³/mol. The van der Waals surface area contributed by atoms with E-state index in [-0.39, 0.29) is 0 Å². The van der Waals surface area contributed by atoms with Crippen LogP contribution in [0.3, 0.4) is 0 Å². The van der Waals surface area contributed by atoms with E-state index in [1.54, 1.807) is 7.11 Å². The second-order valence-corrected chi connectivity index (χ2v) is 6.93. The zero-order valence-electron chi connectivity index (χ0n) is 15.9.